The largest absolute Gasteiger partial charge is 0.451 e. The van der Waals surface area contributed by atoms with Crippen LogP contribution >= 0.6 is 0 Å². The van der Waals surface area contributed by atoms with Gasteiger partial charge in [0.1, 0.15) is 5.75 Å². The minimum Gasteiger partial charge on any atom is -0.451 e. The molecular weight excluding hydrogens is 267 g/mol. The van der Waals surface area contributed by atoms with Crippen molar-refractivity contribution in [3.8, 4) is 11.5 Å². The molecule has 19 heavy (non-hydrogen) atoms. The number of rotatable bonds is 2. The second-order valence-electron chi connectivity index (χ2n) is 3.65. The molecule has 2 rings (SSSR count). The lowest BCUT2D eigenvalue weighted by Gasteiger charge is -2.09. The van der Waals surface area contributed by atoms with Crippen molar-refractivity contribution in [1.29, 1.82) is 0 Å². The van der Waals surface area contributed by atoms with Crippen LogP contribution in [0.3, 0.4) is 0 Å². The third-order valence-electron chi connectivity index (χ3n) is 2.31. The van der Waals surface area contributed by atoms with Crippen molar-refractivity contribution in [3.63, 3.8) is 0 Å². The summed E-state index contributed by atoms with van der Waals surface area (Å²) >= 11 is 0. The molecule has 0 aromatic heterocycles. The van der Waals surface area contributed by atoms with Gasteiger partial charge < -0.3 is 4.74 Å². The fraction of sp³-hybridized carbons (Fsp3) is 0. The first kappa shape index (κ1) is 13.3. The summed E-state index contributed by atoms with van der Waals surface area (Å²) in [7, 11) is 0. The Balaban J connectivity index is 2.48. The van der Waals surface area contributed by atoms with E-state index in [1.807, 2.05) is 0 Å². The van der Waals surface area contributed by atoms with Crippen LogP contribution < -0.4 is 4.74 Å². The second kappa shape index (κ2) is 4.87. The fourth-order valence-corrected chi connectivity index (χ4v) is 1.35. The van der Waals surface area contributed by atoms with E-state index in [0.29, 0.717) is 5.56 Å². The molecule has 99 valence electrons. The highest BCUT2D eigenvalue weighted by Crippen LogP contribution is 2.32. The highest BCUT2D eigenvalue weighted by atomic mass is 19.2. The molecule has 0 unspecified atom stereocenters. The van der Waals surface area contributed by atoms with Gasteiger partial charge >= 0.3 is 0 Å². The normalized spacial score (nSPS) is 10.6. The molecule has 0 heterocycles. The maximum Gasteiger partial charge on any atom is 0.207 e. The molecule has 2 aromatic rings. The summed E-state index contributed by atoms with van der Waals surface area (Å²) in [6.07, 6.45) is 0. The second-order valence-corrected chi connectivity index (χ2v) is 3.65. The average Bonchev–Trinajstić information content (AvgIpc) is 2.41. The predicted molar refractivity (Wildman–Crippen MR) is 57.2 cm³/mol. The molecule has 1 nitrogen and oxygen atoms in total. The van der Waals surface area contributed by atoms with E-state index in [0.717, 1.165) is 0 Å². The molecule has 0 saturated heterocycles. The molecule has 0 aliphatic heterocycles. The van der Waals surface area contributed by atoms with E-state index in [1.54, 1.807) is 0 Å². The highest BCUT2D eigenvalue weighted by molar-refractivity contribution is 5.36. The maximum absolute atomic E-state index is 13.3. The Morgan fingerprint density at radius 2 is 1.11 bits per heavy atom. The molecule has 0 fully saturated rings. The Hall–Kier alpha value is -2.11. The van der Waals surface area contributed by atoms with Crippen LogP contribution in [0.15, 0.2) is 24.3 Å². The van der Waals surface area contributed by atoms with E-state index in [1.165, 1.54) is 24.3 Å². The Labute approximate surface area is 105 Å². The maximum atomic E-state index is 13.3. The highest BCUT2D eigenvalue weighted by Gasteiger charge is 2.27. The van der Waals surface area contributed by atoms with Gasteiger partial charge in [-0.25, -0.2) is 13.2 Å². The lowest BCUT2D eigenvalue weighted by atomic mass is 10.2. The van der Waals surface area contributed by atoms with Crippen molar-refractivity contribution in [2.75, 3.05) is 0 Å². The first-order chi connectivity index (χ1) is 8.91. The van der Waals surface area contributed by atoms with Gasteiger partial charge in [0, 0.05) is 0 Å². The Morgan fingerprint density at radius 3 is 1.58 bits per heavy atom. The molecule has 2 aromatic carbocycles. The summed E-state index contributed by atoms with van der Waals surface area (Å²) in [6.45, 7) is 3.57. The molecule has 1 radical (unpaired) electrons. The van der Waals surface area contributed by atoms with Crippen molar-refractivity contribution < 1.29 is 26.7 Å². The van der Waals surface area contributed by atoms with Crippen molar-refractivity contribution >= 4 is 0 Å². The van der Waals surface area contributed by atoms with E-state index >= 15 is 0 Å². The van der Waals surface area contributed by atoms with Gasteiger partial charge in [-0.2, -0.15) is 8.78 Å². The molecule has 0 saturated carbocycles. The van der Waals surface area contributed by atoms with Crippen LogP contribution in [0, 0.1) is 36.0 Å². The van der Waals surface area contributed by atoms with Crippen molar-refractivity contribution in [2.24, 2.45) is 0 Å². The quantitative estimate of drug-likeness (QED) is 0.449. The lowest BCUT2D eigenvalue weighted by Crippen LogP contribution is -2.04. The Morgan fingerprint density at radius 1 is 0.684 bits per heavy atom. The topological polar surface area (TPSA) is 9.23 Å². The molecule has 0 atom stereocenters. The van der Waals surface area contributed by atoms with Crippen LogP contribution in [0.4, 0.5) is 22.0 Å². The van der Waals surface area contributed by atoms with Crippen molar-refractivity contribution in [3.05, 3.63) is 65.8 Å². The van der Waals surface area contributed by atoms with Gasteiger partial charge in [-0.15, -0.1) is 0 Å². The number of hydrogen-bond acceptors (Lipinski definition) is 1. The summed E-state index contributed by atoms with van der Waals surface area (Å²) in [4.78, 5) is 0. The zero-order valence-corrected chi connectivity index (χ0v) is 9.31. The minimum atomic E-state index is -2.23. The number of benzene rings is 2. The molecule has 0 aliphatic carbocycles. The van der Waals surface area contributed by atoms with Crippen LogP contribution in [-0.4, -0.2) is 0 Å². The van der Waals surface area contributed by atoms with E-state index in [4.69, 9.17) is 0 Å². The van der Waals surface area contributed by atoms with E-state index in [2.05, 4.69) is 11.7 Å². The first-order valence-electron chi connectivity index (χ1n) is 5.03. The van der Waals surface area contributed by atoms with Gasteiger partial charge in [-0.1, -0.05) is 12.1 Å². The number of halogens is 5. The molecule has 0 N–H and O–H groups in total. The summed E-state index contributed by atoms with van der Waals surface area (Å²) in [5.74, 6) is -11.8. The average molecular weight is 273 g/mol. The Kier molecular flexibility index (Phi) is 3.42. The minimum absolute atomic E-state index is 0.0735. The van der Waals surface area contributed by atoms with Crippen LogP contribution in [0.5, 0.6) is 11.5 Å². The van der Waals surface area contributed by atoms with Crippen LogP contribution in [-0.2, 0) is 0 Å². The predicted octanol–water partition coefficient (Wildman–Crippen LogP) is 4.36. The molecule has 0 spiro atoms. The van der Waals surface area contributed by atoms with Gasteiger partial charge in [0.25, 0.3) is 0 Å². The molecule has 0 aliphatic rings. The van der Waals surface area contributed by atoms with Gasteiger partial charge in [0.05, 0.1) is 0 Å². The van der Waals surface area contributed by atoms with Gasteiger partial charge in [0.2, 0.25) is 34.8 Å². The number of hydrogen-bond donors (Lipinski definition) is 0. The zero-order chi connectivity index (χ0) is 14.2. The molecule has 0 amide bonds. The van der Waals surface area contributed by atoms with Crippen molar-refractivity contribution in [2.45, 2.75) is 0 Å². The fourth-order valence-electron chi connectivity index (χ4n) is 1.35. The number of ether oxygens (including phenoxy) is 1. The van der Waals surface area contributed by atoms with E-state index in [-0.39, 0.29) is 5.75 Å². The van der Waals surface area contributed by atoms with Crippen molar-refractivity contribution in [1.82, 2.24) is 0 Å². The van der Waals surface area contributed by atoms with Gasteiger partial charge in [-0.05, 0) is 24.6 Å². The summed E-state index contributed by atoms with van der Waals surface area (Å²) in [5, 5.41) is 0. The summed E-state index contributed by atoms with van der Waals surface area (Å²) in [5.41, 5.74) is 0.602. The molecule has 0 bridgehead atoms. The standard InChI is InChI=1S/C13H6F5O/c1-6-2-4-7(5-3-6)19-13-11(17)9(15)8(14)10(16)12(13)18/h2-5H,1H2. The third kappa shape index (κ3) is 2.38. The summed E-state index contributed by atoms with van der Waals surface area (Å²) in [6, 6.07) is 5.50. The third-order valence-corrected chi connectivity index (χ3v) is 2.31. The smallest absolute Gasteiger partial charge is 0.207 e. The van der Waals surface area contributed by atoms with E-state index < -0.39 is 34.8 Å². The Bertz CT molecular complexity index is 593. The van der Waals surface area contributed by atoms with Gasteiger partial charge in [0.15, 0.2) is 0 Å². The van der Waals surface area contributed by atoms with Gasteiger partial charge in [-0.3, -0.25) is 0 Å². The summed E-state index contributed by atoms with van der Waals surface area (Å²) < 4.78 is 69.9. The zero-order valence-electron chi connectivity index (χ0n) is 9.31. The van der Waals surface area contributed by atoms with Crippen LogP contribution in [0.2, 0.25) is 0 Å². The SMILES string of the molecule is [CH2]c1ccc(Oc2c(F)c(F)c(F)c(F)c2F)cc1. The van der Waals surface area contributed by atoms with Crippen LogP contribution in [0.25, 0.3) is 0 Å². The molecule has 6 heteroatoms. The monoisotopic (exact) mass is 273 g/mol. The van der Waals surface area contributed by atoms with Crippen LogP contribution in [0.1, 0.15) is 5.56 Å². The molecular formula is C13H6F5O. The first-order valence-corrected chi connectivity index (χ1v) is 5.03. The van der Waals surface area contributed by atoms with E-state index in [9.17, 15) is 22.0 Å². The lowest BCUT2D eigenvalue weighted by molar-refractivity contribution is 0.332.